The predicted octanol–water partition coefficient (Wildman–Crippen LogP) is 5.53. The summed E-state index contributed by atoms with van der Waals surface area (Å²) in [5.74, 6) is -1.62. The number of amides is 3. The number of rotatable bonds is 10. The van der Waals surface area contributed by atoms with E-state index in [1.807, 2.05) is 52.0 Å². The number of imidazole rings is 1. The van der Waals surface area contributed by atoms with Crippen LogP contribution in [-0.4, -0.2) is 57.1 Å². The van der Waals surface area contributed by atoms with Crippen LogP contribution in [0.3, 0.4) is 0 Å². The lowest BCUT2D eigenvalue weighted by Crippen LogP contribution is -2.48. The van der Waals surface area contributed by atoms with Gasteiger partial charge in [-0.25, -0.2) is 14.4 Å². The van der Waals surface area contributed by atoms with E-state index in [0.717, 1.165) is 35.1 Å². The quantitative estimate of drug-likeness (QED) is 0.128. The summed E-state index contributed by atoms with van der Waals surface area (Å²) in [7, 11) is 0. The molecule has 0 aliphatic heterocycles. The number of carbonyl (C=O) groups is 4. The molecule has 6 N–H and O–H groups in total. The lowest BCUT2D eigenvalue weighted by atomic mass is 9.81. The summed E-state index contributed by atoms with van der Waals surface area (Å²) < 4.78 is 5.33. The Morgan fingerprint density at radius 2 is 1.61 bits per heavy atom. The van der Waals surface area contributed by atoms with Gasteiger partial charge in [0.2, 0.25) is 11.8 Å². The molecule has 0 unspecified atom stereocenters. The van der Waals surface area contributed by atoms with Crippen LogP contribution >= 0.6 is 0 Å². The maximum absolute atomic E-state index is 13.7. The smallest absolute Gasteiger partial charge is 0.407 e. The van der Waals surface area contributed by atoms with E-state index in [-0.39, 0.29) is 35.4 Å². The molecular formula is C37H43N5O7. The van der Waals surface area contributed by atoms with Crippen molar-refractivity contribution in [1.29, 1.82) is 0 Å². The highest BCUT2D eigenvalue weighted by Crippen LogP contribution is 2.29. The van der Waals surface area contributed by atoms with E-state index in [4.69, 9.17) is 4.74 Å². The molecule has 0 saturated heterocycles. The van der Waals surface area contributed by atoms with Crippen LogP contribution in [0.15, 0.2) is 65.5 Å². The van der Waals surface area contributed by atoms with Crippen LogP contribution in [-0.2, 0) is 20.7 Å². The van der Waals surface area contributed by atoms with Crippen LogP contribution in [0.5, 0.6) is 0 Å². The summed E-state index contributed by atoms with van der Waals surface area (Å²) in [5, 5.41) is 18.0. The van der Waals surface area contributed by atoms with Crippen molar-refractivity contribution in [3.8, 4) is 11.1 Å². The summed E-state index contributed by atoms with van der Waals surface area (Å²) in [5.41, 5.74) is 4.37. The van der Waals surface area contributed by atoms with Gasteiger partial charge in [-0.05, 0) is 112 Å². The molecule has 1 aromatic heterocycles. The Morgan fingerprint density at radius 1 is 0.918 bits per heavy atom. The Balaban J connectivity index is 1.26. The van der Waals surface area contributed by atoms with Gasteiger partial charge in [0.15, 0.2) is 0 Å². The molecule has 1 fully saturated rings. The van der Waals surface area contributed by atoms with Gasteiger partial charge in [0.1, 0.15) is 11.6 Å². The zero-order chi connectivity index (χ0) is 35.3. The summed E-state index contributed by atoms with van der Waals surface area (Å²) in [6.07, 6.45) is 2.55. The highest BCUT2D eigenvalue weighted by atomic mass is 16.6. The first-order valence-electron chi connectivity index (χ1n) is 16.5. The number of aryl methyl sites for hydroxylation is 1. The Hall–Kier alpha value is -5.39. The monoisotopic (exact) mass is 669 g/mol. The molecule has 12 nitrogen and oxygen atoms in total. The van der Waals surface area contributed by atoms with Crippen molar-refractivity contribution >= 4 is 40.6 Å². The number of carboxylic acids is 1. The third-order valence-corrected chi connectivity index (χ3v) is 8.75. The van der Waals surface area contributed by atoms with Crippen LogP contribution < -0.4 is 21.6 Å². The number of hydrogen-bond acceptors (Lipinski definition) is 6. The van der Waals surface area contributed by atoms with E-state index in [0.29, 0.717) is 36.1 Å². The molecule has 3 amide bonds. The second-order valence-electron chi connectivity index (χ2n) is 13.7. The molecule has 0 radical (unpaired) electrons. The fourth-order valence-corrected chi connectivity index (χ4v) is 6.19. The average molecular weight is 670 g/mol. The molecule has 0 spiro atoms. The number of H-pyrrole nitrogens is 2. The fourth-order valence-electron chi connectivity index (χ4n) is 6.19. The topological polar surface area (TPSA) is 182 Å². The number of carboxylic acid groups (broad SMARTS) is 1. The van der Waals surface area contributed by atoms with Crippen molar-refractivity contribution in [3.63, 3.8) is 0 Å². The van der Waals surface area contributed by atoms with Crippen LogP contribution in [0.1, 0.15) is 67.9 Å². The molecule has 4 aromatic rings. The lowest BCUT2D eigenvalue weighted by molar-refractivity contribution is -0.130. The zero-order valence-electron chi connectivity index (χ0n) is 28.1. The van der Waals surface area contributed by atoms with Gasteiger partial charge < -0.3 is 35.8 Å². The van der Waals surface area contributed by atoms with Crippen LogP contribution in [0.2, 0.25) is 0 Å². The van der Waals surface area contributed by atoms with Gasteiger partial charge in [-0.2, -0.15) is 0 Å². The van der Waals surface area contributed by atoms with Crippen molar-refractivity contribution in [1.82, 2.24) is 20.6 Å². The maximum atomic E-state index is 13.7. The number of hydrogen-bond donors (Lipinski definition) is 6. The van der Waals surface area contributed by atoms with E-state index >= 15 is 0 Å². The number of carbonyl (C=O) groups excluding carboxylic acids is 3. The first kappa shape index (κ1) is 34.9. The van der Waals surface area contributed by atoms with E-state index in [2.05, 4.69) is 25.9 Å². The van der Waals surface area contributed by atoms with Crippen molar-refractivity contribution in [2.24, 2.45) is 11.8 Å². The van der Waals surface area contributed by atoms with Gasteiger partial charge >= 0.3 is 17.8 Å². The van der Waals surface area contributed by atoms with Gasteiger partial charge in [-0.3, -0.25) is 9.59 Å². The number of ether oxygens (including phenoxy) is 1. The third-order valence-electron chi connectivity index (χ3n) is 8.75. The summed E-state index contributed by atoms with van der Waals surface area (Å²) in [4.78, 5) is 67.8. The number of anilines is 1. The summed E-state index contributed by atoms with van der Waals surface area (Å²) >= 11 is 0. The average Bonchev–Trinajstić information content (AvgIpc) is 3.42. The molecule has 0 bridgehead atoms. The van der Waals surface area contributed by atoms with E-state index in [9.17, 15) is 29.1 Å². The SMILES string of the molecule is Cc1cc(C(=O)O)ccc1-c1ccc(C[C@H](NC(=O)C2CCC(CNC(=O)OC(C)(C)C)CC2)C(=O)Nc2ccc3[nH]c(=O)[nH]c3c2)cc1. The number of nitrogens with one attached hydrogen (secondary N) is 5. The number of aromatic amines is 2. The van der Waals surface area contributed by atoms with Crippen molar-refractivity contribution < 1.29 is 29.0 Å². The Bertz CT molecular complexity index is 1900. The van der Waals surface area contributed by atoms with Gasteiger partial charge in [0.05, 0.1) is 16.6 Å². The Morgan fingerprint density at radius 3 is 2.27 bits per heavy atom. The third kappa shape index (κ3) is 9.37. The molecule has 1 atom stereocenters. The minimum absolute atomic E-state index is 0.199. The number of aromatic nitrogens is 2. The predicted molar refractivity (Wildman–Crippen MR) is 186 cm³/mol. The summed E-state index contributed by atoms with van der Waals surface area (Å²) in [6, 6.07) is 16.7. The van der Waals surface area contributed by atoms with Crippen molar-refractivity contribution in [2.75, 3.05) is 11.9 Å². The summed E-state index contributed by atoms with van der Waals surface area (Å²) in [6.45, 7) is 7.77. The van der Waals surface area contributed by atoms with Gasteiger partial charge in [0.25, 0.3) is 0 Å². The Labute approximate surface area is 284 Å². The molecule has 1 heterocycles. The first-order chi connectivity index (χ1) is 23.2. The van der Waals surface area contributed by atoms with Crippen molar-refractivity contribution in [2.45, 2.75) is 71.4 Å². The number of alkyl carbamates (subject to hydrolysis) is 1. The van der Waals surface area contributed by atoms with E-state index in [1.54, 1.807) is 36.4 Å². The lowest BCUT2D eigenvalue weighted by Gasteiger charge is -2.29. The van der Waals surface area contributed by atoms with E-state index < -0.39 is 29.6 Å². The highest BCUT2D eigenvalue weighted by Gasteiger charge is 2.30. The van der Waals surface area contributed by atoms with Crippen molar-refractivity contribution in [3.05, 3.63) is 87.8 Å². The molecule has 1 aliphatic carbocycles. The number of fused-ring (bicyclic) bond motifs is 1. The molecule has 258 valence electrons. The molecule has 1 saturated carbocycles. The highest BCUT2D eigenvalue weighted by molar-refractivity contribution is 5.99. The van der Waals surface area contributed by atoms with Crippen LogP contribution in [0.25, 0.3) is 22.2 Å². The largest absolute Gasteiger partial charge is 0.478 e. The molecule has 12 heteroatoms. The molecule has 5 rings (SSSR count). The van der Waals surface area contributed by atoms with Gasteiger partial charge in [0, 0.05) is 24.6 Å². The Kier molecular flexibility index (Phi) is 10.5. The first-order valence-corrected chi connectivity index (χ1v) is 16.5. The number of aromatic carboxylic acids is 1. The second-order valence-corrected chi connectivity index (χ2v) is 13.7. The van der Waals surface area contributed by atoms with Gasteiger partial charge in [-0.1, -0.05) is 30.3 Å². The van der Waals surface area contributed by atoms with Gasteiger partial charge in [-0.15, -0.1) is 0 Å². The molecule has 1 aliphatic rings. The molecular weight excluding hydrogens is 626 g/mol. The number of benzene rings is 3. The zero-order valence-corrected chi connectivity index (χ0v) is 28.1. The molecule has 49 heavy (non-hydrogen) atoms. The minimum atomic E-state index is -0.985. The standard InChI is InChI=1S/C37H43N5O7/c1-21-17-26(34(45)46)13-15-28(21)24-9-5-22(6-10-24)18-31(33(44)39-27-14-16-29-30(19-27)42-35(47)41-29)40-32(43)25-11-7-23(8-12-25)20-38-36(48)49-37(2,3)4/h5-6,9-10,13-17,19,23,25,31H,7-8,11-12,18,20H2,1-4H3,(H,38,48)(H,39,44)(H,40,43)(H,45,46)(H2,41,42,47)/t23?,25?,31-/m0/s1. The maximum Gasteiger partial charge on any atom is 0.407 e. The molecule has 3 aromatic carbocycles. The minimum Gasteiger partial charge on any atom is -0.478 e. The normalized spacial score (nSPS) is 16.8. The van der Waals surface area contributed by atoms with Crippen LogP contribution in [0, 0.1) is 18.8 Å². The second kappa shape index (κ2) is 14.8. The van der Waals surface area contributed by atoms with Crippen LogP contribution in [0.4, 0.5) is 10.5 Å². The fraction of sp³-hybridized carbons (Fsp3) is 0.378. The van der Waals surface area contributed by atoms with E-state index in [1.165, 1.54) is 0 Å².